The third-order valence-electron chi connectivity index (χ3n) is 4.42. The number of benzene rings is 1. The van der Waals surface area contributed by atoms with Crippen LogP contribution in [0.3, 0.4) is 0 Å². The van der Waals surface area contributed by atoms with Gasteiger partial charge < -0.3 is 5.73 Å². The van der Waals surface area contributed by atoms with E-state index in [1.807, 2.05) is 6.07 Å². The van der Waals surface area contributed by atoms with Crippen LogP contribution >= 0.6 is 0 Å². The Hall–Kier alpha value is -0.890. The number of nitrogens with two attached hydrogens (primary N) is 1. The molecule has 2 aliphatic rings. The van der Waals surface area contributed by atoms with Gasteiger partial charge in [-0.3, -0.25) is 0 Å². The molecule has 2 unspecified atom stereocenters. The molecule has 1 aromatic carbocycles. The predicted molar refractivity (Wildman–Crippen MR) is 67.5 cm³/mol. The minimum absolute atomic E-state index is 0.0807. The summed E-state index contributed by atoms with van der Waals surface area (Å²) in [5, 5.41) is 0. The van der Waals surface area contributed by atoms with Crippen LogP contribution in [0, 0.1) is 11.7 Å². The Morgan fingerprint density at radius 1 is 1.12 bits per heavy atom. The van der Waals surface area contributed by atoms with Gasteiger partial charge in [0.2, 0.25) is 0 Å². The molecule has 92 valence electrons. The Bertz CT molecular complexity index is 411. The van der Waals surface area contributed by atoms with Gasteiger partial charge in [-0.1, -0.05) is 6.07 Å². The number of fused-ring (bicyclic) bond motifs is 1. The van der Waals surface area contributed by atoms with Crippen molar-refractivity contribution in [2.45, 2.75) is 43.9 Å². The summed E-state index contributed by atoms with van der Waals surface area (Å²) < 4.78 is 13.4. The summed E-state index contributed by atoms with van der Waals surface area (Å²) >= 11 is 0. The molecule has 1 nitrogen and oxygen atoms in total. The summed E-state index contributed by atoms with van der Waals surface area (Å²) in [5.41, 5.74) is 8.34. The largest absolute Gasteiger partial charge is 0.330 e. The fraction of sp³-hybridized carbons (Fsp3) is 0.600. The van der Waals surface area contributed by atoms with Crippen molar-refractivity contribution in [3.63, 3.8) is 0 Å². The summed E-state index contributed by atoms with van der Waals surface area (Å²) in [6.45, 7) is 0.732. The Balaban J connectivity index is 1.96. The molecule has 2 heteroatoms. The summed E-state index contributed by atoms with van der Waals surface area (Å²) in [4.78, 5) is 0. The lowest BCUT2D eigenvalue weighted by Crippen LogP contribution is -2.18. The quantitative estimate of drug-likeness (QED) is 0.849. The number of hydrogen-bond acceptors (Lipinski definition) is 1. The highest BCUT2D eigenvalue weighted by Gasteiger charge is 2.37. The molecule has 0 bridgehead atoms. The van der Waals surface area contributed by atoms with Crippen molar-refractivity contribution in [2.75, 3.05) is 6.54 Å². The van der Waals surface area contributed by atoms with E-state index in [4.69, 9.17) is 5.73 Å². The van der Waals surface area contributed by atoms with Crippen molar-refractivity contribution in [1.29, 1.82) is 0 Å². The zero-order valence-corrected chi connectivity index (χ0v) is 10.2. The van der Waals surface area contributed by atoms with Crippen molar-refractivity contribution >= 4 is 0 Å². The molecule has 0 spiro atoms. The van der Waals surface area contributed by atoms with Crippen molar-refractivity contribution < 1.29 is 4.39 Å². The van der Waals surface area contributed by atoms with Gasteiger partial charge in [0.25, 0.3) is 0 Å². The third kappa shape index (κ3) is 2.11. The minimum atomic E-state index is -0.0807. The molecular weight excluding hydrogens is 213 g/mol. The second kappa shape index (κ2) is 4.41. The summed E-state index contributed by atoms with van der Waals surface area (Å²) in [6, 6.07) is 5.39. The van der Waals surface area contributed by atoms with Crippen molar-refractivity contribution in [3.8, 4) is 0 Å². The summed E-state index contributed by atoms with van der Waals surface area (Å²) in [6.07, 6.45) is 6.17. The highest BCUT2D eigenvalue weighted by Crippen LogP contribution is 2.51. The van der Waals surface area contributed by atoms with E-state index in [2.05, 4.69) is 0 Å². The Kier molecular flexibility index (Phi) is 2.91. The summed E-state index contributed by atoms with van der Waals surface area (Å²) in [5.74, 6) is 1.93. The zero-order valence-electron chi connectivity index (χ0n) is 10.2. The summed E-state index contributed by atoms with van der Waals surface area (Å²) in [7, 11) is 0. The van der Waals surface area contributed by atoms with Gasteiger partial charge in [-0.2, -0.15) is 0 Å². The first-order valence-corrected chi connectivity index (χ1v) is 6.79. The maximum atomic E-state index is 13.4. The number of hydrogen-bond donors (Lipinski definition) is 1. The molecule has 0 aromatic heterocycles. The van der Waals surface area contributed by atoms with Crippen molar-refractivity contribution in [3.05, 3.63) is 35.1 Å². The second-order valence-corrected chi connectivity index (χ2v) is 5.57. The molecule has 1 saturated carbocycles. The van der Waals surface area contributed by atoms with Gasteiger partial charge in [0.15, 0.2) is 0 Å². The highest BCUT2D eigenvalue weighted by molar-refractivity contribution is 5.37. The molecule has 2 N–H and O–H groups in total. The molecular formula is C15H20FN. The van der Waals surface area contributed by atoms with E-state index >= 15 is 0 Å². The van der Waals surface area contributed by atoms with Crippen LogP contribution in [0.15, 0.2) is 18.2 Å². The van der Waals surface area contributed by atoms with E-state index in [1.165, 1.54) is 36.8 Å². The average Bonchev–Trinajstić information content (AvgIpc) is 3.13. The van der Waals surface area contributed by atoms with Crippen LogP contribution in [0.5, 0.6) is 0 Å². The van der Waals surface area contributed by atoms with Crippen LogP contribution in [-0.4, -0.2) is 6.54 Å². The third-order valence-corrected chi connectivity index (χ3v) is 4.42. The lowest BCUT2D eigenvalue weighted by Gasteiger charge is -2.31. The second-order valence-electron chi connectivity index (χ2n) is 5.57. The highest BCUT2D eigenvalue weighted by atomic mass is 19.1. The van der Waals surface area contributed by atoms with Gasteiger partial charge >= 0.3 is 0 Å². The molecule has 1 fully saturated rings. The number of halogens is 1. The zero-order chi connectivity index (χ0) is 11.8. The molecule has 0 heterocycles. The molecule has 0 saturated heterocycles. The Morgan fingerprint density at radius 3 is 2.65 bits per heavy atom. The molecule has 2 aliphatic carbocycles. The standard InChI is InChI=1S/C15H20FN/c16-12-4-6-14-11(7-8-17)3-5-13(10-1-2-10)15(14)9-12/h4,6,9-11,13H,1-3,5,7-8,17H2. The molecule has 2 atom stereocenters. The molecule has 17 heavy (non-hydrogen) atoms. The van der Waals surface area contributed by atoms with E-state index in [9.17, 15) is 4.39 Å². The van der Waals surface area contributed by atoms with Gasteiger partial charge in [0.1, 0.15) is 5.82 Å². The SMILES string of the molecule is NCCC1CCC(C2CC2)c2cc(F)ccc21. The first-order valence-electron chi connectivity index (χ1n) is 6.79. The molecule has 1 aromatic rings. The first kappa shape index (κ1) is 11.2. The molecule has 0 radical (unpaired) electrons. The monoisotopic (exact) mass is 233 g/mol. The van der Waals surface area contributed by atoms with Crippen LogP contribution < -0.4 is 5.73 Å². The number of rotatable bonds is 3. The van der Waals surface area contributed by atoms with E-state index < -0.39 is 0 Å². The molecule has 0 amide bonds. The average molecular weight is 233 g/mol. The van der Waals surface area contributed by atoms with Gasteiger partial charge in [-0.05, 0) is 79.7 Å². The van der Waals surface area contributed by atoms with Crippen molar-refractivity contribution in [2.24, 2.45) is 11.7 Å². The van der Waals surface area contributed by atoms with E-state index in [1.54, 1.807) is 12.1 Å². The normalized spacial score (nSPS) is 27.9. The fourth-order valence-electron chi connectivity index (χ4n) is 3.42. The van der Waals surface area contributed by atoms with E-state index in [0.717, 1.165) is 18.9 Å². The van der Waals surface area contributed by atoms with E-state index in [0.29, 0.717) is 11.8 Å². The minimum Gasteiger partial charge on any atom is -0.330 e. The maximum Gasteiger partial charge on any atom is 0.123 e. The lowest BCUT2D eigenvalue weighted by molar-refractivity contribution is 0.435. The van der Waals surface area contributed by atoms with E-state index in [-0.39, 0.29) is 5.82 Å². The van der Waals surface area contributed by atoms with Gasteiger partial charge in [-0.25, -0.2) is 4.39 Å². The predicted octanol–water partition coefficient (Wildman–Crippen LogP) is 3.55. The maximum absolute atomic E-state index is 13.4. The van der Waals surface area contributed by atoms with Gasteiger partial charge in [0.05, 0.1) is 0 Å². The van der Waals surface area contributed by atoms with Crippen LogP contribution in [0.1, 0.15) is 55.1 Å². The van der Waals surface area contributed by atoms with Crippen molar-refractivity contribution in [1.82, 2.24) is 0 Å². The van der Waals surface area contributed by atoms with Crippen LogP contribution in [0.2, 0.25) is 0 Å². The smallest absolute Gasteiger partial charge is 0.123 e. The topological polar surface area (TPSA) is 26.0 Å². The fourth-order valence-corrected chi connectivity index (χ4v) is 3.42. The molecule has 3 rings (SSSR count). The van der Waals surface area contributed by atoms with Gasteiger partial charge in [0, 0.05) is 0 Å². The van der Waals surface area contributed by atoms with Crippen LogP contribution in [0.4, 0.5) is 4.39 Å². The first-order chi connectivity index (χ1) is 8.29. The Labute approximate surface area is 102 Å². The molecule has 0 aliphatic heterocycles. The Morgan fingerprint density at radius 2 is 1.94 bits per heavy atom. The van der Waals surface area contributed by atoms with Gasteiger partial charge in [-0.15, -0.1) is 0 Å². The van der Waals surface area contributed by atoms with Crippen LogP contribution in [-0.2, 0) is 0 Å². The van der Waals surface area contributed by atoms with Crippen LogP contribution in [0.25, 0.3) is 0 Å². The lowest BCUT2D eigenvalue weighted by atomic mass is 9.73.